The zero-order valence-electron chi connectivity index (χ0n) is 13.4. The second-order valence-corrected chi connectivity index (χ2v) is 6.15. The Labute approximate surface area is 139 Å². The molecule has 0 unspecified atom stereocenters. The van der Waals surface area contributed by atoms with Crippen molar-refractivity contribution >= 4 is 5.91 Å². The van der Waals surface area contributed by atoms with Gasteiger partial charge in [0.1, 0.15) is 0 Å². The highest BCUT2D eigenvalue weighted by Gasteiger charge is 2.51. The monoisotopic (exact) mass is 322 g/mol. The second-order valence-electron chi connectivity index (χ2n) is 6.15. The Morgan fingerprint density at radius 1 is 1.25 bits per heavy atom. The number of nitrogens with one attached hydrogen (secondary N) is 1. The normalized spacial score (nSPS) is 15.2. The number of amides is 1. The van der Waals surface area contributed by atoms with Crippen LogP contribution in [-0.2, 0) is 23.8 Å². The molecule has 1 fully saturated rings. The third kappa shape index (κ3) is 2.50. The molecule has 6 nitrogen and oxygen atoms in total. The van der Waals surface area contributed by atoms with Gasteiger partial charge < -0.3 is 14.4 Å². The third-order valence-corrected chi connectivity index (χ3v) is 4.55. The van der Waals surface area contributed by atoms with E-state index in [9.17, 15) is 4.79 Å². The highest BCUT2D eigenvalue weighted by Crippen LogP contribution is 2.48. The number of hydrogen-bond acceptors (Lipinski definition) is 4. The average Bonchev–Trinajstić information content (AvgIpc) is 3.11. The lowest BCUT2D eigenvalue weighted by molar-refractivity contribution is -0.123. The Morgan fingerprint density at radius 3 is 2.71 bits per heavy atom. The Bertz CT molecular complexity index is 862. The first kappa shape index (κ1) is 14.7. The minimum Gasteiger partial charge on any atom is -0.348 e. The van der Waals surface area contributed by atoms with Gasteiger partial charge in [-0.1, -0.05) is 35.5 Å². The van der Waals surface area contributed by atoms with Crippen LogP contribution < -0.4 is 5.32 Å². The Hall–Kier alpha value is -2.89. The molecule has 0 radical (unpaired) electrons. The lowest BCUT2D eigenvalue weighted by Crippen LogP contribution is -2.34. The summed E-state index contributed by atoms with van der Waals surface area (Å²) in [5.41, 5.74) is 1.55. The Kier molecular flexibility index (Phi) is 3.45. The summed E-state index contributed by atoms with van der Waals surface area (Å²) in [6.45, 7) is 0.241. The van der Waals surface area contributed by atoms with Crippen LogP contribution in [0.2, 0.25) is 0 Å². The van der Waals surface area contributed by atoms with Crippen molar-refractivity contribution in [3.05, 3.63) is 60.1 Å². The Balaban J connectivity index is 1.44. The summed E-state index contributed by atoms with van der Waals surface area (Å²) < 4.78 is 7.16. The molecule has 3 aromatic rings. The number of aromatic nitrogens is 3. The molecular formula is C18H18N4O2. The van der Waals surface area contributed by atoms with Crippen molar-refractivity contribution < 1.29 is 9.32 Å². The van der Waals surface area contributed by atoms with Crippen LogP contribution in [0, 0.1) is 0 Å². The molecule has 2 aromatic heterocycles. The highest BCUT2D eigenvalue weighted by molar-refractivity contribution is 5.91. The fourth-order valence-corrected chi connectivity index (χ4v) is 2.98. The van der Waals surface area contributed by atoms with E-state index in [0.29, 0.717) is 11.7 Å². The van der Waals surface area contributed by atoms with Crippen molar-refractivity contribution in [1.82, 2.24) is 20.0 Å². The standard InChI is InChI=1S/C18H18N4O2/c1-22-11-5-8-14(22)16-20-15(24-21-16)12-19-17(23)18(9-10-18)13-6-3-2-4-7-13/h2-8,11H,9-10,12H2,1H3,(H,19,23). The van der Waals surface area contributed by atoms with Crippen LogP contribution in [0.1, 0.15) is 24.3 Å². The van der Waals surface area contributed by atoms with Crippen molar-refractivity contribution in [2.24, 2.45) is 7.05 Å². The van der Waals surface area contributed by atoms with Gasteiger partial charge in [0.2, 0.25) is 17.6 Å². The minimum absolute atomic E-state index is 0.0207. The van der Waals surface area contributed by atoms with Gasteiger partial charge in [-0.05, 0) is 30.5 Å². The second kappa shape index (κ2) is 5.63. The number of carbonyl (C=O) groups is 1. The molecule has 2 heterocycles. The van der Waals surface area contributed by atoms with Gasteiger partial charge in [-0.25, -0.2) is 0 Å². The largest absolute Gasteiger partial charge is 0.348 e. The summed E-state index contributed by atoms with van der Waals surface area (Å²) in [4.78, 5) is 16.9. The highest BCUT2D eigenvalue weighted by atomic mass is 16.5. The van der Waals surface area contributed by atoms with Crippen molar-refractivity contribution in [2.75, 3.05) is 0 Å². The van der Waals surface area contributed by atoms with Gasteiger partial charge >= 0.3 is 0 Å². The first-order valence-electron chi connectivity index (χ1n) is 7.97. The van der Waals surface area contributed by atoms with Crippen molar-refractivity contribution in [3.8, 4) is 11.5 Å². The summed E-state index contributed by atoms with van der Waals surface area (Å²) in [5.74, 6) is 0.951. The maximum absolute atomic E-state index is 12.6. The van der Waals surface area contributed by atoms with E-state index in [1.54, 1.807) is 0 Å². The molecule has 0 bridgehead atoms. The van der Waals surface area contributed by atoms with Gasteiger partial charge in [0.05, 0.1) is 17.7 Å². The molecule has 0 aliphatic heterocycles. The van der Waals surface area contributed by atoms with Gasteiger partial charge in [-0.2, -0.15) is 4.98 Å². The molecule has 122 valence electrons. The topological polar surface area (TPSA) is 73.0 Å². The number of nitrogens with zero attached hydrogens (tertiary/aromatic N) is 3. The summed E-state index contributed by atoms with van der Waals surface area (Å²) in [5, 5.41) is 6.91. The van der Waals surface area contributed by atoms with Crippen molar-refractivity contribution in [2.45, 2.75) is 24.8 Å². The molecular weight excluding hydrogens is 304 g/mol. The first-order chi connectivity index (χ1) is 11.7. The molecule has 0 saturated heterocycles. The van der Waals surface area contributed by atoms with E-state index >= 15 is 0 Å². The van der Waals surface area contributed by atoms with Gasteiger partial charge in [0.25, 0.3) is 0 Å². The molecule has 0 atom stereocenters. The molecule has 24 heavy (non-hydrogen) atoms. The van der Waals surface area contributed by atoms with E-state index in [0.717, 1.165) is 24.1 Å². The molecule has 6 heteroatoms. The van der Waals surface area contributed by atoms with E-state index in [-0.39, 0.29) is 17.9 Å². The van der Waals surface area contributed by atoms with Crippen LogP contribution in [0.25, 0.3) is 11.5 Å². The van der Waals surface area contributed by atoms with Gasteiger partial charge in [-0.15, -0.1) is 0 Å². The zero-order chi connectivity index (χ0) is 16.6. The van der Waals surface area contributed by atoms with E-state index in [4.69, 9.17) is 4.52 Å². The zero-order valence-corrected chi connectivity index (χ0v) is 13.4. The molecule has 1 amide bonds. The molecule has 4 rings (SSSR count). The smallest absolute Gasteiger partial charge is 0.246 e. The van der Waals surface area contributed by atoms with Gasteiger partial charge in [0.15, 0.2) is 0 Å². The quantitative estimate of drug-likeness (QED) is 0.783. The van der Waals surface area contributed by atoms with Crippen LogP contribution in [0.15, 0.2) is 53.2 Å². The van der Waals surface area contributed by atoms with Crippen LogP contribution in [-0.4, -0.2) is 20.6 Å². The molecule has 1 N–H and O–H groups in total. The lowest BCUT2D eigenvalue weighted by Gasteiger charge is -2.14. The lowest BCUT2D eigenvalue weighted by atomic mass is 9.95. The molecule has 0 spiro atoms. The molecule has 1 saturated carbocycles. The summed E-state index contributed by atoms with van der Waals surface area (Å²) >= 11 is 0. The summed E-state index contributed by atoms with van der Waals surface area (Å²) in [6, 6.07) is 13.7. The van der Waals surface area contributed by atoms with Crippen LogP contribution in [0.3, 0.4) is 0 Å². The fourth-order valence-electron chi connectivity index (χ4n) is 2.98. The predicted octanol–water partition coefficient (Wildman–Crippen LogP) is 2.42. The SMILES string of the molecule is Cn1cccc1-c1noc(CNC(=O)C2(c3ccccc3)CC2)n1. The maximum atomic E-state index is 12.6. The fraction of sp³-hybridized carbons (Fsp3) is 0.278. The number of rotatable bonds is 5. The average molecular weight is 322 g/mol. The minimum atomic E-state index is -0.387. The summed E-state index contributed by atoms with van der Waals surface area (Å²) in [6.07, 6.45) is 3.67. The number of hydrogen-bond donors (Lipinski definition) is 1. The van der Waals surface area contributed by atoms with Crippen LogP contribution in [0.5, 0.6) is 0 Å². The van der Waals surface area contributed by atoms with Gasteiger partial charge in [0, 0.05) is 13.2 Å². The van der Waals surface area contributed by atoms with E-state index in [2.05, 4.69) is 15.5 Å². The number of carbonyl (C=O) groups excluding carboxylic acids is 1. The first-order valence-corrected chi connectivity index (χ1v) is 7.97. The van der Waals surface area contributed by atoms with Crippen LogP contribution in [0.4, 0.5) is 0 Å². The molecule has 1 aromatic carbocycles. The summed E-state index contributed by atoms with van der Waals surface area (Å²) in [7, 11) is 1.92. The maximum Gasteiger partial charge on any atom is 0.246 e. The van der Waals surface area contributed by atoms with E-state index in [1.807, 2.05) is 60.3 Å². The van der Waals surface area contributed by atoms with Gasteiger partial charge in [-0.3, -0.25) is 4.79 Å². The molecule has 1 aliphatic carbocycles. The van der Waals surface area contributed by atoms with E-state index < -0.39 is 0 Å². The number of aryl methyl sites for hydroxylation is 1. The van der Waals surface area contributed by atoms with Crippen molar-refractivity contribution in [3.63, 3.8) is 0 Å². The Morgan fingerprint density at radius 2 is 2.04 bits per heavy atom. The van der Waals surface area contributed by atoms with Crippen molar-refractivity contribution in [1.29, 1.82) is 0 Å². The predicted molar refractivity (Wildman–Crippen MR) is 87.9 cm³/mol. The third-order valence-electron chi connectivity index (χ3n) is 4.55. The number of benzene rings is 1. The van der Waals surface area contributed by atoms with Crippen LogP contribution >= 0.6 is 0 Å². The van der Waals surface area contributed by atoms with E-state index in [1.165, 1.54) is 0 Å². The molecule has 1 aliphatic rings.